The van der Waals surface area contributed by atoms with Crippen molar-refractivity contribution in [3.05, 3.63) is 40.6 Å². The minimum atomic E-state index is 0.0576. The van der Waals surface area contributed by atoms with E-state index in [0.717, 1.165) is 22.2 Å². The van der Waals surface area contributed by atoms with Crippen molar-refractivity contribution in [1.29, 1.82) is 0 Å². The van der Waals surface area contributed by atoms with Crippen LogP contribution in [0, 0.1) is 20.8 Å². The number of rotatable bonds is 1. The zero-order valence-corrected chi connectivity index (χ0v) is 9.33. The fraction of sp³-hybridized carbons (Fsp3) is 0.308. The Balaban J connectivity index is 2.81. The van der Waals surface area contributed by atoms with Crippen LogP contribution in [-0.4, -0.2) is 10.1 Å². The number of aromatic nitrogens is 1. The van der Waals surface area contributed by atoms with E-state index >= 15 is 0 Å². The Morgan fingerprint density at radius 1 is 1.13 bits per heavy atom. The molecule has 0 radical (unpaired) electrons. The Morgan fingerprint density at radius 2 is 1.87 bits per heavy atom. The van der Waals surface area contributed by atoms with Gasteiger partial charge in [-0.15, -0.1) is 0 Å². The van der Waals surface area contributed by atoms with Crippen LogP contribution in [0.2, 0.25) is 0 Å². The summed E-state index contributed by atoms with van der Waals surface area (Å²) in [6, 6.07) is 6.25. The van der Waals surface area contributed by atoms with Crippen molar-refractivity contribution in [3.8, 4) is 0 Å². The molecule has 1 heterocycles. The van der Waals surface area contributed by atoms with Crippen LogP contribution in [0.3, 0.4) is 0 Å². The van der Waals surface area contributed by atoms with E-state index in [1.165, 1.54) is 11.1 Å². The normalized spacial score (nSPS) is 10.9. The van der Waals surface area contributed by atoms with Crippen LogP contribution in [-0.2, 0) is 6.61 Å². The molecule has 0 unspecified atom stereocenters. The fourth-order valence-corrected chi connectivity index (χ4v) is 1.93. The maximum Gasteiger partial charge on any atom is 0.0710 e. The van der Waals surface area contributed by atoms with Crippen LogP contribution in [0.1, 0.15) is 22.4 Å². The summed E-state index contributed by atoms with van der Waals surface area (Å²) >= 11 is 0. The summed E-state index contributed by atoms with van der Waals surface area (Å²) in [5.74, 6) is 0. The molecule has 0 aliphatic rings. The Hall–Kier alpha value is -1.41. The number of hydrogen-bond acceptors (Lipinski definition) is 2. The summed E-state index contributed by atoms with van der Waals surface area (Å²) in [4.78, 5) is 4.51. The number of benzene rings is 1. The van der Waals surface area contributed by atoms with Gasteiger partial charge in [-0.2, -0.15) is 0 Å². The molecule has 2 nitrogen and oxygen atoms in total. The maximum atomic E-state index is 9.18. The molecule has 15 heavy (non-hydrogen) atoms. The maximum absolute atomic E-state index is 9.18. The smallest absolute Gasteiger partial charge is 0.0710 e. The van der Waals surface area contributed by atoms with Crippen molar-refractivity contribution in [2.75, 3.05) is 0 Å². The van der Waals surface area contributed by atoms with Gasteiger partial charge in [0.05, 0.1) is 12.1 Å². The summed E-state index contributed by atoms with van der Waals surface area (Å²) in [6.07, 6.45) is 0. The van der Waals surface area contributed by atoms with Gasteiger partial charge in [-0.1, -0.05) is 6.07 Å². The highest BCUT2D eigenvalue weighted by Crippen LogP contribution is 2.21. The molecule has 0 aliphatic carbocycles. The largest absolute Gasteiger partial charge is 0.392 e. The lowest BCUT2D eigenvalue weighted by atomic mass is 10.0. The molecule has 0 fully saturated rings. The average molecular weight is 201 g/mol. The highest BCUT2D eigenvalue weighted by Gasteiger charge is 2.04. The molecular formula is C13H15NO. The lowest BCUT2D eigenvalue weighted by Gasteiger charge is -2.08. The number of hydrogen-bond donors (Lipinski definition) is 1. The van der Waals surface area contributed by atoms with Gasteiger partial charge in [-0.05, 0) is 49.6 Å². The summed E-state index contributed by atoms with van der Waals surface area (Å²) in [7, 11) is 0. The first-order valence-corrected chi connectivity index (χ1v) is 5.10. The predicted molar refractivity (Wildman–Crippen MR) is 61.9 cm³/mol. The van der Waals surface area contributed by atoms with E-state index < -0.39 is 0 Å². The highest BCUT2D eigenvalue weighted by atomic mass is 16.3. The van der Waals surface area contributed by atoms with Crippen LogP contribution < -0.4 is 0 Å². The van der Waals surface area contributed by atoms with Gasteiger partial charge < -0.3 is 5.11 Å². The topological polar surface area (TPSA) is 33.1 Å². The van der Waals surface area contributed by atoms with Crippen LogP contribution in [0.5, 0.6) is 0 Å². The van der Waals surface area contributed by atoms with Crippen molar-refractivity contribution in [2.45, 2.75) is 27.4 Å². The third kappa shape index (κ3) is 1.73. The number of aliphatic hydroxyl groups is 1. The van der Waals surface area contributed by atoms with Crippen LogP contribution in [0.25, 0.3) is 10.9 Å². The lowest BCUT2D eigenvalue weighted by molar-refractivity contribution is 0.280. The summed E-state index contributed by atoms with van der Waals surface area (Å²) in [5, 5.41) is 10.3. The van der Waals surface area contributed by atoms with Gasteiger partial charge in [0.15, 0.2) is 0 Å². The molecule has 1 N–H and O–H groups in total. The molecule has 2 heteroatoms. The van der Waals surface area contributed by atoms with E-state index in [9.17, 15) is 5.11 Å². The molecule has 0 bridgehead atoms. The standard InChI is InChI=1S/C13H15NO/c1-8-4-9(2)12-6-11(7-15)10(3)14-13(12)5-8/h4-6,15H,7H2,1-3H3. The monoisotopic (exact) mass is 201 g/mol. The minimum absolute atomic E-state index is 0.0576. The highest BCUT2D eigenvalue weighted by molar-refractivity contribution is 5.83. The van der Waals surface area contributed by atoms with Gasteiger partial charge in [0, 0.05) is 11.1 Å². The first-order chi connectivity index (χ1) is 7.11. The quantitative estimate of drug-likeness (QED) is 0.769. The molecule has 0 atom stereocenters. The molecule has 0 saturated heterocycles. The van der Waals surface area contributed by atoms with Crippen molar-refractivity contribution < 1.29 is 5.11 Å². The SMILES string of the molecule is Cc1cc(C)c2cc(CO)c(C)nc2c1. The van der Waals surface area contributed by atoms with E-state index in [2.05, 4.69) is 31.0 Å². The summed E-state index contributed by atoms with van der Waals surface area (Å²) in [6.45, 7) is 6.14. The van der Waals surface area contributed by atoms with Gasteiger partial charge in [0.1, 0.15) is 0 Å². The van der Waals surface area contributed by atoms with Crippen LogP contribution in [0.4, 0.5) is 0 Å². The van der Waals surface area contributed by atoms with Crippen LogP contribution in [0.15, 0.2) is 18.2 Å². The first kappa shape index (κ1) is 10.1. The third-order valence-electron chi connectivity index (χ3n) is 2.75. The van der Waals surface area contributed by atoms with E-state index in [-0.39, 0.29) is 6.61 Å². The Bertz CT molecular complexity index is 517. The van der Waals surface area contributed by atoms with Gasteiger partial charge in [-0.25, -0.2) is 0 Å². The van der Waals surface area contributed by atoms with Crippen molar-refractivity contribution in [3.63, 3.8) is 0 Å². The molecule has 2 aromatic rings. The van der Waals surface area contributed by atoms with Crippen molar-refractivity contribution in [1.82, 2.24) is 4.98 Å². The predicted octanol–water partition coefficient (Wildman–Crippen LogP) is 2.65. The second-order valence-corrected chi connectivity index (χ2v) is 4.04. The van der Waals surface area contributed by atoms with Gasteiger partial charge >= 0.3 is 0 Å². The Morgan fingerprint density at radius 3 is 2.53 bits per heavy atom. The second kappa shape index (κ2) is 3.63. The molecule has 2 rings (SSSR count). The number of nitrogens with zero attached hydrogens (tertiary/aromatic N) is 1. The van der Waals surface area contributed by atoms with Crippen molar-refractivity contribution >= 4 is 10.9 Å². The average Bonchev–Trinajstić information content (AvgIpc) is 2.16. The van der Waals surface area contributed by atoms with E-state index in [4.69, 9.17) is 0 Å². The summed E-state index contributed by atoms with van der Waals surface area (Å²) in [5.41, 5.74) is 5.28. The van der Waals surface area contributed by atoms with E-state index in [1.54, 1.807) is 0 Å². The lowest BCUT2D eigenvalue weighted by Crippen LogP contribution is -1.95. The molecule has 0 amide bonds. The minimum Gasteiger partial charge on any atom is -0.392 e. The van der Waals surface area contributed by atoms with Gasteiger partial charge in [0.2, 0.25) is 0 Å². The number of pyridine rings is 1. The molecule has 0 aliphatic heterocycles. The zero-order chi connectivity index (χ0) is 11.0. The number of fused-ring (bicyclic) bond motifs is 1. The zero-order valence-electron chi connectivity index (χ0n) is 9.33. The molecule has 1 aromatic carbocycles. The number of aliphatic hydroxyl groups excluding tert-OH is 1. The second-order valence-electron chi connectivity index (χ2n) is 4.04. The fourth-order valence-electron chi connectivity index (χ4n) is 1.93. The summed E-state index contributed by atoms with van der Waals surface area (Å²) < 4.78 is 0. The molecular weight excluding hydrogens is 186 g/mol. The number of aryl methyl sites for hydroxylation is 3. The molecule has 0 saturated carbocycles. The van der Waals surface area contributed by atoms with Gasteiger partial charge in [0.25, 0.3) is 0 Å². The van der Waals surface area contributed by atoms with E-state index in [1.807, 2.05) is 13.0 Å². The Kier molecular flexibility index (Phi) is 2.45. The van der Waals surface area contributed by atoms with E-state index in [0.29, 0.717) is 0 Å². The first-order valence-electron chi connectivity index (χ1n) is 5.10. The van der Waals surface area contributed by atoms with Gasteiger partial charge in [-0.3, -0.25) is 4.98 Å². The molecule has 78 valence electrons. The molecule has 1 aromatic heterocycles. The van der Waals surface area contributed by atoms with Crippen molar-refractivity contribution in [2.24, 2.45) is 0 Å². The third-order valence-corrected chi connectivity index (χ3v) is 2.75. The van der Waals surface area contributed by atoms with Crippen LogP contribution >= 0.6 is 0 Å². The Labute approximate surface area is 89.6 Å². The molecule has 0 spiro atoms.